The highest BCUT2D eigenvalue weighted by Crippen LogP contribution is 2.35. The Kier molecular flexibility index (Phi) is 6.85. The van der Waals surface area contributed by atoms with Crippen LogP contribution in [0, 0.1) is 0 Å². The summed E-state index contributed by atoms with van der Waals surface area (Å²) < 4.78 is 7.61. The zero-order valence-corrected chi connectivity index (χ0v) is 20.5. The van der Waals surface area contributed by atoms with Gasteiger partial charge in [-0.05, 0) is 56.6 Å². The average Bonchev–Trinajstić information content (AvgIpc) is 3.48. The molecule has 1 N–H and O–H groups in total. The van der Waals surface area contributed by atoms with Crippen molar-refractivity contribution in [2.45, 2.75) is 75.0 Å². The summed E-state index contributed by atoms with van der Waals surface area (Å²) in [6.45, 7) is 3.59. The molecule has 0 bridgehead atoms. The van der Waals surface area contributed by atoms with Crippen molar-refractivity contribution in [1.82, 2.24) is 14.9 Å². The fourth-order valence-electron chi connectivity index (χ4n) is 4.60. The van der Waals surface area contributed by atoms with Crippen LogP contribution in [0.25, 0.3) is 10.2 Å². The zero-order valence-electron chi connectivity index (χ0n) is 18.8. The van der Waals surface area contributed by atoms with Crippen molar-refractivity contribution in [1.29, 1.82) is 0 Å². The number of nitrogens with zero attached hydrogens (tertiary/aromatic N) is 2. The predicted molar refractivity (Wildman–Crippen MR) is 133 cm³/mol. The summed E-state index contributed by atoms with van der Waals surface area (Å²) in [7, 11) is 0. The SMILES string of the molecule is CC(Sc1nc2sc3c(c2c(=O)n1CC1CCCO1)CCCC3)C(=O)NCc1ccccc1. The number of fused-ring (bicyclic) bond motifs is 3. The average molecular weight is 484 g/mol. The quantitative estimate of drug-likeness (QED) is 0.400. The number of amides is 1. The van der Waals surface area contributed by atoms with E-state index in [1.807, 2.05) is 37.3 Å². The van der Waals surface area contributed by atoms with Gasteiger partial charge in [-0.25, -0.2) is 4.98 Å². The highest BCUT2D eigenvalue weighted by Gasteiger charge is 2.26. The number of thiophene rings is 1. The van der Waals surface area contributed by atoms with E-state index < -0.39 is 0 Å². The van der Waals surface area contributed by atoms with Crippen LogP contribution in [0.2, 0.25) is 0 Å². The smallest absolute Gasteiger partial charge is 0.263 e. The normalized spacial score (nSPS) is 18.9. The minimum absolute atomic E-state index is 0.0225. The van der Waals surface area contributed by atoms with Gasteiger partial charge in [0.2, 0.25) is 5.91 Å². The fraction of sp³-hybridized carbons (Fsp3) is 0.480. The summed E-state index contributed by atoms with van der Waals surface area (Å²) in [6, 6.07) is 9.87. The van der Waals surface area contributed by atoms with Crippen LogP contribution in [0.15, 0.2) is 40.3 Å². The Morgan fingerprint density at radius 3 is 2.88 bits per heavy atom. The molecule has 1 saturated heterocycles. The van der Waals surface area contributed by atoms with Crippen molar-refractivity contribution < 1.29 is 9.53 Å². The zero-order chi connectivity index (χ0) is 22.8. The Morgan fingerprint density at radius 2 is 2.09 bits per heavy atom. The largest absolute Gasteiger partial charge is 0.376 e. The van der Waals surface area contributed by atoms with E-state index in [1.165, 1.54) is 28.6 Å². The number of aryl methyl sites for hydroxylation is 2. The Hall–Kier alpha value is -2.16. The topological polar surface area (TPSA) is 73.2 Å². The third kappa shape index (κ3) is 4.88. The van der Waals surface area contributed by atoms with Gasteiger partial charge in [0.25, 0.3) is 5.56 Å². The van der Waals surface area contributed by atoms with E-state index in [0.717, 1.165) is 54.5 Å². The molecule has 2 unspecified atom stereocenters. The first-order valence-electron chi connectivity index (χ1n) is 11.7. The van der Waals surface area contributed by atoms with Gasteiger partial charge in [0.05, 0.1) is 23.3 Å². The molecule has 0 spiro atoms. The molecule has 1 aromatic carbocycles. The highest BCUT2D eigenvalue weighted by atomic mass is 32.2. The molecule has 6 nitrogen and oxygen atoms in total. The van der Waals surface area contributed by atoms with Gasteiger partial charge in [0, 0.05) is 18.0 Å². The molecule has 3 aromatic rings. The molecule has 2 aromatic heterocycles. The minimum Gasteiger partial charge on any atom is -0.376 e. The molecule has 3 heterocycles. The maximum atomic E-state index is 13.7. The number of benzene rings is 1. The standard InChI is InChI=1S/C25H29N3O3S2/c1-16(22(29)26-14-17-8-3-2-4-9-17)32-25-27-23-21(19-11-5-6-12-20(19)33-23)24(30)28(25)15-18-10-7-13-31-18/h2-4,8-9,16,18H,5-7,10-15H2,1H3,(H,26,29). The number of rotatable bonds is 7. The second-order valence-electron chi connectivity index (χ2n) is 8.80. The molecule has 8 heteroatoms. The molecule has 1 amide bonds. The van der Waals surface area contributed by atoms with Crippen LogP contribution in [0.5, 0.6) is 0 Å². The van der Waals surface area contributed by atoms with E-state index in [-0.39, 0.29) is 22.8 Å². The minimum atomic E-state index is -0.372. The van der Waals surface area contributed by atoms with Crippen LogP contribution in [0.3, 0.4) is 0 Å². The summed E-state index contributed by atoms with van der Waals surface area (Å²) in [6.07, 6.45) is 6.27. The van der Waals surface area contributed by atoms with Gasteiger partial charge in [-0.1, -0.05) is 42.1 Å². The van der Waals surface area contributed by atoms with E-state index >= 15 is 0 Å². The Labute approximate surface area is 201 Å². The van der Waals surface area contributed by atoms with Gasteiger partial charge in [-0.2, -0.15) is 0 Å². The Bertz CT molecular complexity index is 1200. The predicted octanol–water partition coefficient (Wildman–Crippen LogP) is 4.31. The van der Waals surface area contributed by atoms with Crippen molar-refractivity contribution in [3.05, 3.63) is 56.7 Å². The lowest BCUT2D eigenvalue weighted by atomic mass is 9.97. The molecule has 2 atom stereocenters. The van der Waals surface area contributed by atoms with E-state index in [1.54, 1.807) is 15.9 Å². The first-order chi connectivity index (χ1) is 16.1. The molecular formula is C25H29N3O3S2. The third-order valence-corrected chi connectivity index (χ3v) is 8.69. The summed E-state index contributed by atoms with van der Waals surface area (Å²) >= 11 is 3.02. The van der Waals surface area contributed by atoms with E-state index in [4.69, 9.17) is 9.72 Å². The lowest BCUT2D eigenvalue weighted by molar-refractivity contribution is -0.120. The van der Waals surface area contributed by atoms with Crippen molar-refractivity contribution in [2.75, 3.05) is 6.61 Å². The number of aromatic nitrogens is 2. The van der Waals surface area contributed by atoms with Gasteiger partial charge in [0.15, 0.2) is 5.16 Å². The maximum absolute atomic E-state index is 13.7. The second-order valence-corrected chi connectivity index (χ2v) is 11.2. The molecule has 1 aliphatic carbocycles. The van der Waals surface area contributed by atoms with E-state index in [2.05, 4.69) is 5.32 Å². The van der Waals surface area contributed by atoms with Crippen LogP contribution in [-0.4, -0.2) is 33.4 Å². The van der Waals surface area contributed by atoms with Crippen LogP contribution >= 0.6 is 23.1 Å². The molecule has 1 fully saturated rings. The number of nitrogens with one attached hydrogen (secondary N) is 1. The third-order valence-electron chi connectivity index (χ3n) is 6.41. The molecule has 5 rings (SSSR count). The van der Waals surface area contributed by atoms with Crippen molar-refractivity contribution in [3.63, 3.8) is 0 Å². The molecule has 0 radical (unpaired) electrons. The molecule has 174 valence electrons. The highest BCUT2D eigenvalue weighted by molar-refractivity contribution is 8.00. The van der Waals surface area contributed by atoms with Gasteiger partial charge in [-0.15, -0.1) is 11.3 Å². The van der Waals surface area contributed by atoms with Gasteiger partial charge in [0.1, 0.15) is 4.83 Å². The number of hydrogen-bond acceptors (Lipinski definition) is 6. The number of carbonyl (C=O) groups excluding carboxylic acids is 1. The molecule has 0 saturated carbocycles. The second kappa shape index (κ2) is 9.99. The van der Waals surface area contributed by atoms with E-state index in [9.17, 15) is 9.59 Å². The van der Waals surface area contributed by atoms with Gasteiger partial charge in [-0.3, -0.25) is 14.2 Å². The van der Waals surface area contributed by atoms with E-state index in [0.29, 0.717) is 18.2 Å². The Balaban J connectivity index is 1.42. The number of carbonyl (C=O) groups is 1. The van der Waals surface area contributed by atoms with Crippen LogP contribution < -0.4 is 10.9 Å². The Morgan fingerprint density at radius 1 is 1.27 bits per heavy atom. The van der Waals surface area contributed by atoms with Gasteiger partial charge < -0.3 is 10.1 Å². The van der Waals surface area contributed by atoms with Crippen molar-refractivity contribution in [2.24, 2.45) is 0 Å². The number of hydrogen-bond donors (Lipinski definition) is 1. The first-order valence-corrected chi connectivity index (χ1v) is 13.4. The fourth-order valence-corrected chi connectivity index (χ4v) is 6.85. The monoisotopic (exact) mass is 483 g/mol. The van der Waals surface area contributed by atoms with Crippen molar-refractivity contribution in [3.8, 4) is 0 Å². The summed E-state index contributed by atoms with van der Waals surface area (Å²) in [5, 5.41) is 4.04. The summed E-state index contributed by atoms with van der Waals surface area (Å²) in [5.74, 6) is -0.0626. The van der Waals surface area contributed by atoms with Crippen molar-refractivity contribution >= 4 is 39.2 Å². The lowest BCUT2D eigenvalue weighted by Crippen LogP contribution is -2.33. The van der Waals surface area contributed by atoms with Gasteiger partial charge >= 0.3 is 0 Å². The molecular weight excluding hydrogens is 454 g/mol. The number of ether oxygens (including phenoxy) is 1. The van der Waals surface area contributed by atoms with Crippen LogP contribution in [-0.2, 0) is 35.5 Å². The van der Waals surface area contributed by atoms with Crippen LogP contribution in [0.1, 0.15) is 48.6 Å². The first kappa shape index (κ1) is 22.6. The number of thioether (sulfide) groups is 1. The maximum Gasteiger partial charge on any atom is 0.263 e. The summed E-state index contributed by atoms with van der Waals surface area (Å²) in [5.41, 5.74) is 2.28. The van der Waals surface area contributed by atoms with Crippen LogP contribution in [0.4, 0.5) is 0 Å². The molecule has 1 aliphatic heterocycles. The molecule has 2 aliphatic rings. The summed E-state index contributed by atoms with van der Waals surface area (Å²) in [4.78, 5) is 33.6. The lowest BCUT2D eigenvalue weighted by Gasteiger charge is -2.18. The molecule has 33 heavy (non-hydrogen) atoms.